The van der Waals surface area contributed by atoms with Gasteiger partial charge in [0, 0.05) is 12.6 Å². The van der Waals surface area contributed by atoms with E-state index in [0.717, 1.165) is 24.9 Å². The summed E-state index contributed by atoms with van der Waals surface area (Å²) in [6, 6.07) is 5.53. The number of benzene rings is 1. The molecule has 1 heterocycles. The molecular weight excluding hydrogens is 331 g/mol. The van der Waals surface area contributed by atoms with Crippen molar-refractivity contribution in [2.24, 2.45) is 11.7 Å². The lowest BCUT2D eigenvalue weighted by Gasteiger charge is -2.29. The standard InChI is InChI=1S/C15H20Cl2N2O.ClH/c1-9(10(2)18)15(20)19-7-3-4-14(19)11-5-6-12(16)13(17)8-11;/h5-6,8-10,14H,3-4,7,18H2,1-2H3;1H. The van der Waals surface area contributed by atoms with E-state index in [1.807, 2.05) is 30.9 Å². The number of hydrogen-bond acceptors (Lipinski definition) is 2. The van der Waals surface area contributed by atoms with Crippen LogP contribution in [-0.4, -0.2) is 23.4 Å². The molecule has 6 heteroatoms. The molecule has 3 unspecified atom stereocenters. The van der Waals surface area contributed by atoms with Gasteiger partial charge in [-0.2, -0.15) is 0 Å². The lowest BCUT2D eigenvalue weighted by Crippen LogP contribution is -2.41. The van der Waals surface area contributed by atoms with Gasteiger partial charge >= 0.3 is 0 Å². The first-order chi connectivity index (χ1) is 9.41. The molecule has 1 fully saturated rings. The molecule has 1 aliphatic heterocycles. The van der Waals surface area contributed by atoms with Gasteiger partial charge in [0.25, 0.3) is 0 Å². The molecule has 0 saturated carbocycles. The summed E-state index contributed by atoms with van der Waals surface area (Å²) in [6.45, 7) is 4.53. The molecule has 0 aliphatic carbocycles. The highest BCUT2D eigenvalue weighted by Gasteiger charge is 2.33. The van der Waals surface area contributed by atoms with E-state index in [1.165, 1.54) is 0 Å². The number of halogens is 3. The van der Waals surface area contributed by atoms with E-state index in [2.05, 4.69) is 0 Å². The van der Waals surface area contributed by atoms with Gasteiger partial charge in [-0.25, -0.2) is 0 Å². The van der Waals surface area contributed by atoms with Crippen LogP contribution in [0.25, 0.3) is 0 Å². The number of nitrogens with zero attached hydrogens (tertiary/aromatic N) is 1. The highest BCUT2D eigenvalue weighted by atomic mass is 35.5. The Hall–Kier alpha value is -0.480. The third kappa shape index (κ3) is 4.04. The number of carbonyl (C=O) groups excluding carboxylic acids is 1. The lowest BCUT2D eigenvalue weighted by atomic mass is 10.00. The zero-order valence-electron chi connectivity index (χ0n) is 12.2. The Kier molecular flexibility index (Phi) is 6.79. The van der Waals surface area contributed by atoms with Crippen LogP contribution >= 0.6 is 35.6 Å². The van der Waals surface area contributed by atoms with Crippen molar-refractivity contribution in [2.75, 3.05) is 6.54 Å². The second kappa shape index (κ2) is 7.68. The van der Waals surface area contributed by atoms with Crippen molar-refractivity contribution in [1.29, 1.82) is 0 Å². The molecular formula is C15H21Cl3N2O. The van der Waals surface area contributed by atoms with Gasteiger partial charge < -0.3 is 10.6 Å². The Labute approximate surface area is 142 Å². The monoisotopic (exact) mass is 350 g/mol. The predicted molar refractivity (Wildman–Crippen MR) is 90.2 cm³/mol. The average Bonchev–Trinajstić information content (AvgIpc) is 2.89. The van der Waals surface area contributed by atoms with E-state index >= 15 is 0 Å². The SMILES string of the molecule is CC(N)C(C)C(=O)N1CCCC1c1ccc(Cl)c(Cl)c1.Cl. The van der Waals surface area contributed by atoms with Crippen LogP contribution in [0.5, 0.6) is 0 Å². The Balaban J connectivity index is 0.00000220. The first kappa shape index (κ1) is 18.6. The summed E-state index contributed by atoms with van der Waals surface area (Å²) in [6.07, 6.45) is 1.96. The molecule has 1 amide bonds. The van der Waals surface area contributed by atoms with Gasteiger partial charge in [-0.1, -0.05) is 36.2 Å². The molecule has 2 N–H and O–H groups in total. The molecule has 3 atom stereocenters. The minimum atomic E-state index is -0.168. The number of carbonyl (C=O) groups is 1. The fourth-order valence-corrected chi connectivity index (χ4v) is 2.89. The molecule has 0 bridgehead atoms. The van der Waals surface area contributed by atoms with Crippen LogP contribution < -0.4 is 5.73 Å². The fourth-order valence-electron chi connectivity index (χ4n) is 2.58. The number of amides is 1. The van der Waals surface area contributed by atoms with Crippen molar-refractivity contribution in [1.82, 2.24) is 4.90 Å². The largest absolute Gasteiger partial charge is 0.335 e. The van der Waals surface area contributed by atoms with E-state index in [1.54, 1.807) is 6.07 Å². The second-order valence-electron chi connectivity index (χ2n) is 5.51. The molecule has 1 aliphatic rings. The highest BCUT2D eigenvalue weighted by Crippen LogP contribution is 2.35. The molecule has 21 heavy (non-hydrogen) atoms. The van der Waals surface area contributed by atoms with Gasteiger partial charge in [-0.15, -0.1) is 12.4 Å². The van der Waals surface area contributed by atoms with Crippen LogP contribution in [-0.2, 0) is 4.79 Å². The van der Waals surface area contributed by atoms with Crippen molar-refractivity contribution < 1.29 is 4.79 Å². The van der Waals surface area contributed by atoms with E-state index in [4.69, 9.17) is 28.9 Å². The quantitative estimate of drug-likeness (QED) is 0.892. The Morgan fingerprint density at radius 2 is 2.00 bits per heavy atom. The third-order valence-electron chi connectivity index (χ3n) is 4.04. The second-order valence-corrected chi connectivity index (χ2v) is 6.33. The normalized spacial score (nSPS) is 20.8. The predicted octanol–water partition coefficient (Wildman–Crippen LogP) is 4.06. The van der Waals surface area contributed by atoms with Gasteiger partial charge in [0.15, 0.2) is 0 Å². The van der Waals surface area contributed by atoms with E-state index in [-0.39, 0.29) is 36.3 Å². The summed E-state index contributed by atoms with van der Waals surface area (Å²) < 4.78 is 0. The van der Waals surface area contributed by atoms with Crippen LogP contribution in [0.4, 0.5) is 0 Å². The first-order valence-corrected chi connectivity index (χ1v) is 7.68. The van der Waals surface area contributed by atoms with E-state index < -0.39 is 0 Å². The minimum Gasteiger partial charge on any atom is -0.335 e. The maximum Gasteiger partial charge on any atom is 0.227 e. The van der Waals surface area contributed by atoms with Crippen molar-refractivity contribution >= 4 is 41.5 Å². The number of nitrogens with two attached hydrogens (primary N) is 1. The summed E-state index contributed by atoms with van der Waals surface area (Å²) in [4.78, 5) is 14.4. The van der Waals surface area contributed by atoms with Crippen molar-refractivity contribution in [3.63, 3.8) is 0 Å². The van der Waals surface area contributed by atoms with Gasteiger partial charge in [-0.05, 0) is 37.5 Å². The molecule has 0 spiro atoms. The van der Waals surface area contributed by atoms with Gasteiger partial charge in [-0.3, -0.25) is 4.79 Å². The number of rotatable bonds is 3. The maximum atomic E-state index is 12.5. The van der Waals surface area contributed by atoms with Crippen LogP contribution in [0.3, 0.4) is 0 Å². The highest BCUT2D eigenvalue weighted by molar-refractivity contribution is 6.42. The summed E-state index contributed by atoms with van der Waals surface area (Å²) in [5.41, 5.74) is 6.89. The third-order valence-corrected chi connectivity index (χ3v) is 4.78. The molecule has 0 aromatic heterocycles. The van der Waals surface area contributed by atoms with Crippen LogP contribution in [0.1, 0.15) is 38.3 Å². The number of likely N-dealkylation sites (tertiary alicyclic amines) is 1. The molecule has 2 rings (SSSR count). The van der Waals surface area contributed by atoms with Crippen LogP contribution in [0.2, 0.25) is 10.0 Å². The van der Waals surface area contributed by atoms with Gasteiger partial charge in [0.1, 0.15) is 0 Å². The van der Waals surface area contributed by atoms with Crippen molar-refractivity contribution in [3.05, 3.63) is 33.8 Å². The number of hydrogen-bond donors (Lipinski definition) is 1. The Morgan fingerprint density at radius 1 is 1.33 bits per heavy atom. The van der Waals surface area contributed by atoms with Crippen molar-refractivity contribution in [3.8, 4) is 0 Å². The lowest BCUT2D eigenvalue weighted by molar-refractivity contribution is -0.136. The molecule has 0 radical (unpaired) electrons. The minimum absolute atomic E-state index is 0. The first-order valence-electron chi connectivity index (χ1n) is 6.93. The molecule has 1 aromatic rings. The van der Waals surface area contributed by atoms with E-state index in [9.17, 15) is 4.79 Å². The summed E-state index contributed by atoms with van der Waals surface area (Å²) in [7, 11) is 0. The van der Waals surface area contributed by atoms with Gasteiger partial charge in [0.05, 0.1) is 22.0 Å². The van der Waals surface area contributed by atoms with Crippen LogP contribution in [0, 0.1) is 5.92 Å². The topological polar surface area (TPSA) is 46.3 Å². The summed E-state index contributed by atoms with van der Waals surface area (Å²) in [5, 5.41) is 1.07. The Bertz CT molecular complexity index is 508. The smallest absolute Gasteiger partial charge is 0.227 e. The zero-order valence-corrected chi connectivity index (χ0v) is 14.5. The zero-order chi connectivity index (χ0) is 14.9. The van der Waals surface area contributed by atoms with E-state index in [0.29, 0.717) is 10.0 Å². The summed E-state index contributed by atoms with van der Waals surface area (Å²) >= 11 is 12.0. The fraction of sp³-hybridized carbons (Fsp3) is 0.533. The molecule has 3 nitrogen and oxygen atoms in total. The maximum absolute atomic E-state index is 12.5. The Morgan fingerprint density at radius 3 is 2.57 bits per heavy atom. The van der Waals surface area contributed by atoms with Crippen LogP contribution in [0.15, 0.2) is 18.2 Å². The summed E-state index contributed by atoms with van der Waals surface area (Å²) in [5.74, 6) is -0.0491. The molecule has 1 saturated heterocycles. The average molecular weight is 352 g/mol. The molecule has 118 valence electrons. The molecule has 1 aromatic carbocycles. The van der Waals surface area contributed by atoms with Crippen molar-refractivity contribution in [2.45, 2.75) is 38.8 Å². The van der Waals surface area contributed by atoms with Gasteiger partial charge in [0.2, 0.25) is 5.91 Å².